The molecule has 4 rings (SSSR count). The van der Waals surface area contributed by atoms with Crippen molar-refractivity contribution in [2.24, 2.45) is 0 Å². The Labute approximate surface area is 261 Å². The third-order valence-electron chi connectivity index (χ3n) is 6.95. The molecule has 0 atom stereocenters. The number of hydrogen-bond donors (Lipinski definition) is 0. The quantitative estimate of drug-likeness (QED) is 0.0928. The predicted octanol–water partition coefficient (Wildman–Crippen LogP) is 11.3. The first-order chi connectivity index (χ1) is 21.2. The Kier molecular flexibility index (Phi) is 10.9. The van der Waals surface area contributed by atoms with Gasteiger partial charge in [0.15, 0.2) is 5.78 Å². The van der Waals surface area contributed by atoms with Gasteiger partial charge in [-0.3, -0.25) is 4.79 Å². The van der Waals surface area contributed by atoms with E-state index in [1.54, 1.807) is 12.2 Å². The van der Waals surface area contributed by atoms with Gasteiger partial charge in [0.05, 0.1) is 0 Å². The van der Waals surface area contributed by atoms with Gasteiger partial charge >= 0.3 is 0 Å². The number of benzene rings is 3. The minimum absolute atomic E-state index is 0.158. The monoisotopic (exact) mass is 578 g/mol. The molecule has 220 valence electrons. The zero-order chi connectivity index (χ0) is 31.5. The van der Waals surface area contributed by atoms with Gasteiger partial charge in [-0.05, 0) is 97.5 Å². The molecule has 3 nitrogen and oxygen atoms in total. The van der Waals surface area contributed by atoms with Gasteiger partial charge in [0, 0.05) is 11.1 Å². The Bertz CT molecular complexity index is 1720. The lowest BCUT2D eigenvalue weighted by Gasteiger charge is -2.11. The summed E-state index contributed by atoms with van der Waals surface area (Å²) in [6.07, 6.45) is 18.4. The first-order valence-electron chi connectivity index (χ1n) is 14.5. The van der Waals surface area contributed by atoms with Crippen molar-refractivity contribution in [1.82, 2.24) is 0 Å². The predicted molar refractivity (Wildman–Crippen MR) is 184 cm³/mol. The molecular formula is C41H38O3. The lowest BCUT2D eigenvalue weighted by atomic mass is 9.98. The fraction of sp³-hybridized carbons (Fsp3) is 0.0976. The van der Waals surface area contributed by atoms with Gasteiger partial charge in [-0.15, -0.1) is 0 Å². The van der Waals surface area contributed by atoms with E-state index in [1.165, 1.54) is 5.57 Å². The van der Waals surface area contributed by atoms with E-state index in [9.17, 15) is 4.79 Å². The summed E-state index contributed by atoms with van der Waals surface area (Å²) in [6, 6.07) is 23.4. The van der Waals surface area contributed by atoms with Crippen molar-refractivity contribution in [2.75, 3.05) is 0 Å². The number of Topliss-reactive ketones (excluding diaryl/α,β-unsaturated/α-hetero) is 1. The topological polar surface area (TPSA) is 35.5 Å². The molecule has 0 fully saturated rings. The summed E-state index contributed by atoms with van der Waals surface area (Å²) in [6.45, 7) is 18.0. The zero-order valence-corrected chi connectivity index (χ0v) is 25.7. The van der Waals surface area contributed by atoms with Crippen LogP contribution in [0.15, 0.2) is 175 Å². The van der Waals surface area contributed by atoms with Crippen LogP contribution in [0.5, 0.6) is 11.5 Å². The molecule has 0 unspecified atom stereocenters. The lowest BCUT2D eigenvalue weighted by Crippen LogP contribution is -2.00. The summed E-state index contributed by atoms with van der Waals surface area (Å²) < 4.78 is 11.7. The molecule has 0 amide bonds. The summed E-state index contributed by atoms with van der Waals surface area (Å²) in [4.78, 5) is 12.9. The number of rotatable bonds is 12. The molecule has 0 heterocycles. The molecule has 3 aromatic carbocycles. The second kappa shape index (κ2) is 15.2. The molecule has 1 aliphatic carbocycles. The summed E-state index contributed by atoms with van der Waals surface area (Å²) in [5, 5.41) is 0. The van der Waals surface area contributed by atoms with Crippen LogP contribution in [0.4, 0.5) is 0 Å². The zero-order valence-electron chi connectivity index (χ0n) is 25.7. The van der Waals surface area contributed by atoms with Crippen molar-refractivity contribution in [3.05, 3.63) is 187 Å². The van der Waals surface area contributed by atoms with E-state index in [0.29, 0.717) is 22.7 Å². The minimum atomic E-state index is -0.158. The molecule has 1 aliphatic rings. The maximum atomic E-state index is 12.9. The highest BCUT2D eigenvalue weighted by molar-refractivity contribution is 6.10. The van der Waals surface area contributed by atoms with Gasteiger partial charge in [0.25, 0.3) is 0 Å². The standard InChI is InChI=1S/C41H38O3/c1-7-8-12-31(4)43-32(5)15-14-30(3)41(42)37-18-16-35(17-19-37)36-22-26-40(27-23-36)44-39-24-20-34(21-25-39)33(6)38-13-10-9-11-29(2)28-38/h7-10,12-28H,3,5-6,11H2,1-2,4H3. The Hall–Kier alpha value is -5.41. The van der Waals surface area contributed by atoms with Crippen LogP contribution in [-0.4, -0.2) is 5.78 Å². The minimum Gasteiger partial charge on any atom is -0.463 e. The van der Waals surface area contributed by atoms with Crippen LogP contribution in [0.2, 0.25) is 0 Å². The molecular weight excluding hydrogens is 540 g/mol. The van der Waals surface area contributed by atoms with Crippen molar-refractivity contribution in [1.29, 1.82) is 0 Å². The average Bonchev–Trinajstić information content (AvgIpc) is 3.27. The SMILES string of the molecule is C=C(C=CC(=C)C(=O)c1ccc(-c2ccc(Oc3ccc(C(=C)C4=CC=CCC(C)=C4)cc3)cc2)cc1)OC(C)=CC=CC. The number of hydrogen-bond acceptors (Lipinski definition) is 3. The van der Waals surface area contributed by atoms with Crippen LogP contribution in [0.25, 0.3) is 16.7 Å². The lowest BCUT2D eigenvalue weighted by molar-refractivity contribution is 0.103. The molecule has 0 spiro atoms. The highest BCUT2D eigenvalue weighted by atomic mass is 16.5. The van der Waals surface area contributed by atoms with E-state index in [2.05, 4.69) is 51.0 Å². The van der Waals surface area contributed by atoms with Crippen LogP contribution in [-0.2, 0) is 4.74 Å². The number of carbonyl (C=O) groups excluding carboxylic acids is 1. The number of allylic oxidation sites excluding steroid dienone is 14. The number of ether oxygens (including phenoxy) is 2. The maximum absolute atomic E-state index is 12.9. The highest BCUT2D eigenvalue weighted by Gasteiger charge is 2.10. The molecule has 3 aromatic rings. The van der Waals surface area contributed by atoms with Crippen LogP contribution < -0.4 is 4.74 Å². The van der Waals surface area contributed by atoms with E-state index in [-0.39, 0.29) is 5.78 Å². The second-order valence-corrected chi connectivity index (χ2v) is 10.5. The number of ketones is 1. The van der Waals surface area contributed by atoms with Gasteiger partial charge in [0.1, 0.15) is 23.0 Å². The maximum Gasteiger partial charge on any atom is 0.192 e. The molecule has 3 heteroatoms. The third kappa shape index (κ3) is 8.80. The van der Waals surface area contributed by atoms with Crippen LogP contribution in [0.3, 0.4) is 0 Å². The largest absolute Gasteiger partial charge is 0.463 e. The Morgan fingerprint density at radius 3 is 2.05 bits per heavy atom. The van der Waals surface area contributed by atoms with Crippen molar-refractivity contribution in [3.63, 3.8) is 0 Å². The van der Waals surface area contributed by atoms with E-state index in [0.717, 1.165) is 45.8 Å². The van der Waals surface area contributed by atoms with E-state index < -0.39 is 0 Å². The van der Waals surface area contributed by atoms with Gasteiger partial charge in [-0.25, -0.2) is 0 Å². The van der Waals surface area contributed by atoms with E-state index >= 15 is 0 Å². The van der Waals surface area contributed by atoms with Crippen molar-refractivity contribution >= 4 is 11.4 Å². The normalized spacial score (nSPS) is 13.3. The summed E-state index contributed by atoms with van der Waals surface area (Å²) >= 11 is 0. The smallest absolute Gasteiger partial charge is 0.192 e. The van der Waals surface area contributed by atoms with Crippen molar-refractivity contribution in [2.45, 2.75) is 27.2 Å². The molecule has 0 saturated heterocycles. The number of carbonyl (C=O) groups is 1. The highest BCUT2D eigenvalue weighted by Crippen LogP contribution is 2.30. The Morgan fingerprint density at radius 2 is 1.41 bits per heavy atom. The van der Waals surface area contributed by atoms with Gasteiger partial charge in [-0.2, -0.15) is 0 Å². The van der Waals surface area contributed by atoms with Crippen LogP contribution >= 0.6 is 0 Å². The Balaban J connectivity index is 1.34. The van der Waals surface area contributed by atoms with Crippen LogP contribution in [0.1, 0.15) is 43.1 Å². The van der Waals surface area contributed by atoms with Crippen LogP contribution in [0, 0.1) is 0 Å². The van der Waals surface area contributed by atoms with Crippen molar-refractivity contribution < 1.29 is 14.3 Å². The Morgan fingerprint density at radius 1 is 0.818 bits per heavy atom. The fourth-order valence-electron chi connectivity index (χ4n) is 4.50. The van der Waals surface area contributed by atoms with Gasteiger partial charge < -0.3 is 9.47 Å². The summed E-state index contributed by atoms with van der Waals surface area (Å²) in [5.74, 6) is 2.47. The second-order valence-electron chi connectivity index (χ2n) is 10.5. The summed E-state index contributed by atoms with van der Waals surface area (Å²) in [5.41, 5.74) is 7.40. The molecule has 0 saturated carbocycles. The van der Waals surface area contributed by atoms with Gasteiger partial charge in [-0.1, -0.05) is 110 Å². The molecule has 0 N–H and O–H groups in total. The summed E-state index contributed by atoms with van der Waals surface area (Å²) in [7, 11) is 0. The van der Waals surface area contributed by atoms with Gasteiger partial charge in [0.2, 0.25) is 0 Å². The molecule has 0 radical (unpaired) electrons. The first kappa shape index (κ1) is 31.5. The van der Waals surface area contributed by atoms with E-state index in [4.69, 9.17) is 9.47 Å². The van der Waals surface area contributed by atoms with Crippen molar-refractivity contribution in [3.8, 4) is 22.6 Å². The third-order valence-corrected chi connectivity index (χ3v) is 6.95. The molecule has 0 bridgehead atoms. The molecule has 0 aromatic heterocycles. The fourth-order valence-corrected chi connectivity index (χ4v) is 4.50. The average molecular weight is 579 g/mol. The van der Waals surface area contributed by atoms with E-state index in [1.807, 2.05) is 105 Å². The molecule has 44 heavy (non-hydrogen) atoms. The molecule has 0 aliphatic heterocycles. The first-order valence-corrected chi connectivity index (χ1v) is 14.5.